The van der Waals surface area contributed by atoms with Crippen molar-refractivity contribution in [2.24, 2.45) is 0 Å². The van der Waals surface area contributed by atoms with Crippen LogP contribution in [-0.2, 0) is 0 Å². The van der Waals surface area contributed by atoms with Gasteiger partial charge < -0.3 is 18.9 Å². The van der Waals surface area contributed by atoms with Crippen molar-refractivity contribution < 1.29 is 28.5 Å². The second kappa shape index (κ2) is 8.57. The Hall–Kier alpha value is -3.02. The third kappa shape index (κ3) is 4.25. The second-order valence-corrected chi connectivity index (χ2v) is 4.74. The lowest BCUT2D eigenvalue weighted by atomic mass is 10.2. The first-order valence-electron chi connectivity index (χ1n) is 7.24. The Bertz CT molecular complexity index is 649. The minimum Gasteiger partial charge on any atom is -0.496 e. The zero-order valence-electron chi connectivity index (χ0n) is 13.5. The summed E-state index contributed by atoms with van der Waals surface area (Å²) in [5, 5.41) is 0. The lowest BCUT2D eigenvalue weighted by Crippen LogP contribution is -2.09. The van der Waals surface area contributed by atoms with Gasteiger partial charge in [-0.2, -0.15) is 0 Å². The van der Waals surface area contributed by atoms with Gasteiger partial charge in [-0.3, -0.25) is 9.59 Å². The third-order valence-corrected chi connectivity index (χ3v) is 3.28. The average Bonchev–Trinajstić information content (AvgIpc) is 2.64. The molecule has 2 aromatic carbocycles. The molecule has 2 rings (SSSR count). The minimum absolute atomic E-state index is 0.307. The molecule has 6 nitrogen and oxygen atoms in total. The predicted molar refractivity (Wildman–Crippen MR) is 87.8 cm³/mol. The van der Waals surface area contributed by atoms with Crippen LogP contribution in [0.15, 0.2) is 36.4 Å². The highest BCUT2D eigenvalue weighted by molar-refractivity contribution is 5.80. The van der Waals surface area contributed by atoms with Gasteiger partial charge in [0.25, 0.3) is 0 Å². The number of hydrogen-bond donors (Lipinski definition) is 0. The fourth-order valence-corrected chi connectivity index (χ4v) is 2.08. The van der Waals surface area contributed by atoms with Crippen LogP contribution in [0.2, 0.25) is 0 Å². The molecule has 0 atom stereocenters. The number of rotatable bonds is 9. The van der Waals surface area contributed by atoms with Crippen molar-refractivity contribution in [1.29, 1.82) is 0 Å². The van der Waals surface area contributed by atoms with E-state index in [1.54, 1.807) is 36.4 Å². The summed E-state index contributed by atoms with van der Waals surface area (Å²) >= 11 is 0. The number of carbonyl (C=O) groups is 2. The van der Waals surface area contributed by atoms with Crippen molar-refractivity contribution >= 4 is 12.6 Å². The van der Waals surface area contributed by atoms with E-state index >= 15 is 0 Å². The standard InChI is InChI=1S/C18H18O6/c1-21-17-9-15(5-3-13(17)11-19)23-7-8-24-16-6-4-14(12-20)18(10-16)22-2/h3-6,9-12H,7-8H2,1-2H3. The van der Waals surface area contributed by atoms with Crippen molar-refractivity contribution in [2.75, 3.05) is 27.4 Å². The van der Waals surface area contributed by atoms with E-state index in [2.05, 4.69) is 0 Å². The molecule has 24 heavy (non-hydrogen) atoms. The van der Waals surface area contributed by atoms with Crippen LogP contribution in [0.3, 0.4) is 0 Å². The summed E-state index contributed by atoms with van der Waals surface area (Å²) in [5.74, 6) is 2.07. The van der Waals surface area contributed by atoms with Crippen LogP contribution in [0.1, 0.15) is 20.7 Å². The van der Waals surface area contributed by atoms with Crippen LogP contribution in [0.25, 0.3) is 0 Å². The summed E-state index contributed by atoms with van der Waals surface area (Å²) < 4.78 is 21.4. The van der Waals surface area contributed by atoms with Crippen molar-refractivity contribution in [3.05, 3.63) is 47.5 Å². The lowest BCUT2D eigenvalue weighted by molar-refractivity contribution is 0.111. The Kier molecular flexibility index (Phi) is 6.19. The van der Waals surface area contributed by atoms with Gasteiger partial charge in [-0.25, -0.2) is 0 Å². The van der Waals surface area contributed by atoms with Gasteiger partial charge in [0.15, 0.2) is 12.6 Å². The van der Waals surface area contributed by atoms with Crippen LogP contribution in [0, 0.1) is 0 Å². The topological polar surface area (TPSA) is 71.1 Å². The van der Waals surface area contributed by atoms with Gasteiger partial charge >= 0.3 is 0 Å². The maximum absolute atomic E-state index is 10.8. The van der Waals surface area contributed by atoms with Gasteiger partial charge in [0.1, 0.15) is 36.2 Å². The van der Waals surface area contributed by atoms with Crippen LogP contribution >= 0.6 is 0 Å². The van der Waals surface area contributed by atoms with Gasteiger partial charge in [-0.1, -0.05) is 0 Å². The van der Waals surface area contributed by atoms with Gasteiger partial charge in [0.05, 0.1) is 25.3 Å². The first-order valence-corrected chi connectivity index (χ1v) is 7.24. The van der Waals surface area contributed by atoms with Gasteiger partial charge in [-0.05, 0) is 24.3 Å². The molecule has 0 bridgehead atoms. The molecule has 0 radical (unpaired) electrons. The number of ether oxygens (including phenoxy) is 4. The summed E-state index contributed by atoms with van der Waals surface area (Å²) in [6.45, 7) is 0.614. The number of benzene rings is 2. The zero-order valence-corrected chi connectivity index (χ0v) is 13.5. The lowest BCUT2D eigenvalue weighted by Gasteiger charge is -2.11. The van der Waals surface area contributed by atoms with E-state index < -0.39 is 0 Å². The maximum atomic E-state index is 10.8. The van der Waals surface area contributed by atoms with Crippen LogP contribution in [-0.4, -0.2) is 40.0 Å². The molecule has 2 aromatic rings. The Balaban J connectivity index is 1.89. The molecule has 0 amide bonds. The fraction of sp³-hybridized carbons (Fsp3) is 0.222. The van der Waals surface area contributed by atoms with Crippen molar-refractivity contribution in [3.8, 4) is 23.0 Å². The van der Waals surface area contributed by atoms with Crippen LogP contribution < -0.4 is 18.9 Å². The molecule has 0 heterocycles. The molecule has 0 aromatic heterocycles. The highest BCUT2D eigenvalue weighted by Crippen LogP contribution is 2.24. The van der Waals surface area contributed by atoms with Gasteiger partial charge in [0, 0.05) is 12.1 Å². The monoisotopic (exact) mass is 330 g/mol. The summed E-state index contributed by atoms with van der Waals surface area (Å²) in [6, 6.07) is 9.93. The van der Waals surface area contributed by atoms with Gasteiger partial charge in [0.2, 0.25) is 0 Å². The second-order valence-electron chi connectivity index (χ2n) is 4.74. The smallest absolute Gasteiger partial charge is 0.153 e. The van der Waals surface area contributed by atoms with E-state index in [1.807, 2.05) is 0 Å². The van der Waals surface area contributed by atoms with E-state index in [0.29, 0.717) is 47.3 Å². The highest BCUT2D eigenvalue weighted by atomic mass is 16.5. The zero-order chi connectivity index (χ0) is 17.4. The van der Waals surface area contributed by atoms with Crippen molar-refractivity contribution in [3.63, 3.8) is 0 Å². The molecular weight excluding hydrogens is 312 g/mol. The first kappa shape index (κ1) is 17.3. The van der Waals surface area contributed by atoms with Crippen LogP contribution in [0.5, 0.6) is 23.0 Å². The molecule has 0 saturated heterocycles. The molecular formula is C18H18O6. The molecule has 126 valence electrons. The number of hydrogen-bond acceptors (Lipinski definition) is 6. The molecule has 0 unspecified atom stereocenters. The van der Waals surface area contributed by atoms with E-state index in [9.17, 15) is 9.59 Å². The number of methoxy groups -OCH3 is 2. The predicted octanol–water partition coefficient (Wildman–Crippen LogP) is 2.79. The first-order chi connectivity index (χ1) is 11.7. The summed E-state index contributed by atoms with van der Waals surface area (Å²) in [5.41, 5.74) is 0.923. The molecule has 0 aliphatic heterocycles. The Morgan fingerprint density at radius 1 is 0.750 bits per heavy atom. The van der Waals surface area contributed by atoms with Gasteiger partial charge in [-0.15, -0.1) is 0 Å². The Morgan fingerprint density at radius 3 is 1.50 bits per heavy atom. The molecule has 0 N–H and O–H groups in total. The molecule has 0 saturated carbocycles. The highest BCUT2D eigenvalue weighted by Gasteiger charge is 2.06. The van der Waals surface area contributed by atoms with Crippen molar-refractivity contribution in [1.82, 2.24) is 0 Å². The number of aldehydes is 2. The minimum atomic E-state index is 0.307. The molecule has 0 fully saturated rings. The van der Waals surface area contributed by atoms with E-state index in [-0.39, 0.29) is 0 Å². The van der Waals surface area contributed by atoms with E-state index in [1.165, 1.54) is 14.2 Å². The molecule has 0 aliphatic carbocycles. The Morgan fingerprint density at radius 2 is 1.17 bits per heavy atom. The van der Waals surface area contributed by atoms with E-state index in [0.717, 1.165) is 12.6 Å². The fourth-order valence-electron chi connectivity index (χ4n) is 2.08. The quantitative estimate of drug-likeness (QED) is 0.520. The summed E-state index contributed by atoms with van der Waals surface area (Å²) in [4.78, 5) is 21.7. The maximum Gasteiger partial charge on any atom is 0.153 e. The molecule has 0 aliphatic rings. The summed E-state index contributed by atoms with van der Waals surface area (Å²) in [6.07, 6.45) is 1.45. The third-order valence-electron chi connectivity index (χ3n) is 3.28. The van der Waals surface area contributed by atoms with Crippen LogP contribution in [0.4, 0.5) is 0 Å². The number of carbonyl (C=O) groups excluding carboxylic acids is 2. The molecule has 6 heteroatoms. The molecule has 0 spiro atoms. The van der Waals surface area contributed by atoms with Crippen molar-refractivity contribution in [2.45, 2.75) is 0 Å². The Labute approximate surface area is 139 Å². The normalized spacial score (nSPS) is 9.92. The largest absolute Gasteiger partial charge is 0.496 e. The average molecular weight is 330 g/mol. The van der Waals surface area contributed by atoms with E-state index in [4.69, 9.17) is 18.9 Å². The SMILES string of the molecule is COc1cc(OCCOc2ccc(C=O)c(OC)c2)ccc1C=O. The summed E-state index contributed by atoms with van der Waals surface area (Å²) in [7, 11) is 2.98.